The van der Waals surface area contributed by atoms with Crippen molar-refractivity contribution in [2.75, 3.05) is 40.1 Å². The lowest BCUT2D eigenvalue weighted by molar-refractivity contribution is 0.589. The number of nitrogens with zero attached hydrogens (tertiary/aromatic N) is 3. The molecule has 1 aromatic heterocycles. The van der Waals surface area contributed by atoms with Gasteiger partial charge in [0.2, 0.25) is 0 Å². The number of aromatic nitrogens is 1. The molecule has 0 saturated carbocycles. The molecule has 0 radical (unpaired) electrons. The molecule has 3 N–H and O–H groups in total. The fraction of sp³-hybridized carbons (Fsp3) is 0.148. The smallest absolute Gasteiger partial charge is 0.264 e. The molecule has 1 heterocycles. The van der Waals surface area contributed by atoms with E-state index >= 15 is 0 Å². The Bertz CT molecular complexity index is 1690. The normalized spacial score (nSPS) is 11.7. The zero-order valence-electron chi connectivity index (χ0n) is 21.5. The summed E-state index contributed by atoms with van der Waals surface area (Å²) in [5.41, 5.74) is 6.43. The molecule has 0 bridgehead atoms. The first-order chi connectivity index (χ1) is 19.5. The number of nitrogens with two attached hydrogens (primary N) is 1. The molecule has 9 nitrogen and oxygen atoms in total. The third-order valence-electron chi connectivity index (χ3n) is 5.91. The summed E-state index contributed by atoms with van der Waals surface area (Å²) in [4.78, 5) is 4.42. The van der Waals surface area contributed by atoms with E-state index in [0.717, 1.165) is 4.31 Å². The topological polar surface area (TPSA) is 126 Å². The van der Waals surface area contributed by atoms with Gasteiger partial charge in [0.05, 0.1) is 27.7 Å². The third-order valence-corrected chi connectivity index (χ3v) is 10.3. The highest BCUT2D eigenvalue weighted by Gasteiger charge is 2.28. The predicted molar refractivity (Wildman–Crippen MR) is 165 cm³/mol. The van der Waals surface area contributed by atoms with E-state index in [0.29, 0.717) is 20.8 Å². The molecule has 0 aliphatic heterocycles. The van der Waals surface area contributed by atoms with Crippen LogP contribution < -0.4 is 19.7 Å². The number of nitrogens with one attached hydrogen (secondary N) is 1. The van der Waals surface area contributed by atoms with E-state index in [2.05, 4.69) is 10.3 Å². The summed E-state index contributed by atoms with van der Waals surface area (Å²) in [5.74, 6) is 0.235. The van der Waals surface area contributed by atoms with Crippen LogP contribution in [0.15, 0.2) is 101 Å². The molecule has 216 valence electrons. The Kier molecular flexibility index (Phi) is 10.0. The van der Waals surface area contributed by atoms with Crippen molar-refractivity contribution in [3.05, 3.63) is 106 Å². The van der Waals surface area contributed by atoms with Gasteiger partial charge in [-0.25, -0.2) is 21.8 Å². The van der Waals surface area contributed by atoms with Crippen LogP contribution in [0.4, 0.5) is 17.2 Å². The van der Waals surface area contributed by atoms with E-state index in [-0.39, 0.29) is 47.5 Å². The van der Waals surface area contributed by atoms with E-state index in [1.54, 1.807) is 36.4 Å². The minimum atomic E-state index is -4.02. The fourth-order valence-electron chi connectivity index (χ4n) is 3.96. The van der Waals surface area contributed by atoms with Gasteiger partial charge in [-0.2, -0.15) is 0 Å². The molecule has 4 aromatic rings. The van der Waals surface area contributed by atoms with Crippen molar-refractivity contribution >= 4 is 72.0 Å². The highest BCUT2D eigenvalue weighted by atomic mass is 35.5. The summed E-state index contributed by atoms with van der Waals surface area (Å²) in [6.45, 7) is 0.0817. The number of sulfonamides is 2. The van der Waals surface area contributed by atoms with Crippen molar-refractivity contribution in [2.45, 2.75) is 9.79 Å². The highest BCUT2D eigenvalue weighted by Crippen LogP contribution is 2.30. The van der Waals surface area contributed by atoms with Gasteiger partial charge in [0.25, 0.3) is 20.0 Å². The van der Waals surface area contributed by atoms with Gasteiger partial charge in [0, 0.05) is 40.9 Å². The zero-order valence-corrected chi connectivity index (χ0v) is 25.4. The Morgan fingerprint density at radius 3 is 1.68 bits per heavy atom. The van der Waals surface area contributed by atoms with Crippen LogP contribution >= 0.6 is 34.8 Å². The second kappa shape index (κ2) is 13.3. The van der Waals surface area contributed by atoms with Crippen LogP contribution in [-0.4, -0.2) is 48.0 Å². The van der Waals surface area contributed by atoms with Crippen molar-refractivity contribution in [3.63, 3.8) is 0 Å². The number of hydrogen-bond donors (Lipinski definition) is 2. The maximum atomic E-state index is 13.6. The quantitative estimate of drug-likeness (QED) is 0.207. The molecule has 0 aliphatic rings. The lowest BCUT2D eigenvalue weighted by Crippen LogP contribution is -2.37. The Labute approximate surface area is 254 Å². The molecule has 0 unspecified atom stereocenters. The van der Waals surface area contributed by atoms with Crippen LogP contribution in [0, 0.1) is 0 Å². The zero-order chi connectivity index (χ0) is 29.6. The van der Waals surface area contributed by atoms with Crippen molar-refractivity contribution in [1.29, 1.82) is 0 Å². The van der Waals surface area contributed by atoms with E-state index in [1.165, 1.54) is 59.0 Å². The average molecular weight is 655 g/mol. The molecule has 0 atom stereocenters. The molecule has 14 heteroatoms. The molecule has 0 fully saturated rings. The minimum Gasteiger partial charge on any atom is -0.367 e. The van der Waals surface area contributed by atoms with Crippen LogP contribution in [0.1, 0.15) is 0 Å². The lowest BCUT2D eigenvalue weighted by atomic mass is 10.3. The molecule has 0 aliphatic carbocycles. The van der Waals surface area contributed by atoms with Crippen LogP contribution in [0.25, 0.3) is 0 Å². The second-order valence-corrected chi connectivity index (χ2v) is 13.7. The summed E-state index contributed by atoms with van der Waals surface area (Å²) in [7, 11) is -8.02. The molecule has 0 amide bonds. The molecule has 41 heavy (non-hydrogen) atoms. The number of rotatable bonds is 12. The van der Waals surface area contributed by atoms with Crippen LogP contribution in [0.3, 0.4) is 0 Å². The molecular weight excluding hydrogens is 629 g/mol. The highest BCUT2D eigenvalue weighted by molar-refractivity contribution is 7.93. The maximum Gasteiger partial charge on any atom is 0.264 e. The van der Waals surface area contributed by atoms with Gasteiger partial charge in [0.1, 0.15) is 0 Å². The summed E-state index contributed by atoms with van der Waals surface area (Å²) >= 11 is 18.0. The summed E-state index contributed by atoms with van der Waals surface area (Å²) < 4.78 is 56.8. The molecule has 3 aromatic carbocycles. The molecule has 0 spiro atoms. The Hall–Kier alpha value is -3.06. The van der Waals surface area contributed by atoms with Crippen molar-refractivity contribution in [1.82, 2.24) is 4.98 Å². The minimum absolute atomic E-state index is 0.0207. The predicted octanol–water partition coefficient (Wildman–Crippen LogP) is 5.50. The van der Waals surface area contributed by atoms with Gasteiger partial charge in [-0.3, -0.25) is 8.61 Å². The lowest BCUT2D eigenvalue weighted by Gasteiger charge is -2.27. The Balaban J connectivity index is 1.63. The Morgan fingerprint density at radius 1 is 0.683 bits per heavy atom. The number of benzene rings is 3. The van der Waals surface area contributed by atoms with Crippen LogP contribution in [0.5, 0.6) is 0 Å². The molecule has 0 saturated heterocycles. The van der Waals surface area contributed by atoms with Crippen LogP contribution in [0.2, 0.25) is 15.1 Å². The number of anilines is 3. The monoisotopic (exact) mass is 653 g/mol. The fourth-order valence-corrected chi connectivity index (χ4v) is 7.29. The van der Waals surface area contributed by atoms with Crippen molar-refractivity contribution < 1.29 is 16.8 Å². The second-order valence-electron chi connectivity index (χ2n) is 8.63. The Morgan fingerprint density at radius 2 is 1.17 bits per heavy atom. The largest absolute Gasteiger partial charge is 0.367 e. The first-order valence-electron chi connectivity index (χ1n) is 12.2. The average Bonchev–Trinajstić information content (AvgIpc) is 2.95. The number of hydrogen-bond acceptors (Lipinski definition) is 7. The van der Waals surface area contributed by atoms with Gasteiger partial charge in [-0.15, -0.1) is 0 Å². The van der Waals surface area contributed by atoms with Gasteiger partial charge in [0.15, 0.2) is 5.82 Å². The summed E-state index contributed by atoms with van der Waals surface area (Å²) in [6.07, 6.45) is 1.50. The van der Waals surface area contributed by atoms with E-state index in [9.17, 15) is 16.8 Å². The first kappa shape index (κ1) is 30.9. The standard InChI is InChI=1S/C27H26Cl3N5O4S2/c28-20-3-9-23(10-4-20)34(40(36,37)24-11-5-21(29)6-12-24)19-17-33-27-26(2-1-16-32-27)35(18-15-31)41(38,39)25-13-7-22(30)8-14-25/h1-14,16H,15,17-19,31H2,(H,32,33). The van der Waals surface area contributed by atoms with Crippen molar-refractivity contribution in [3.8, 4) is 0 Å². The maximum absolute atomic E-state index is 13.6. The van der Waals surface area contributed by atoms with E-state index in [1.807, 2.05) is 0 Å². The van der Waals surface area contributed by atoms with Crippen molar-refractivity contribution in [2.24, 2.45) is 5.73 Å². The summed E-state index contributed by atoms with van der Waals surface area (Å²) in [5, 5.41) is 4.36. The van der Waals surface area contributed by atoms with E-state index in [4.69, 9.17) is 40.5 Å². The summed E-state index contributed by atoms with van der Waals surface area (Å²) in [6, 6.07) is 21.3. The van der Waals surface area contributed by atoms with Gasteiger partial charge >= 0.3 is 0 Å². The molecule has 4 rings (SSSR count). The third kappa shape index (κ3) is 7.24. The van der Waals surface area contributed by atoms with Gasteiger partial charge in [-0.1, -0.05) is 34.8 Å². The molecular formula is C27H26Cl3N5O4S2. The number of pyridine rings is 1. The number of halogens is 3. The van der Waals surface area contributed by atoms with Gasteiger partial charge < -0.3 is 11.1 Å². The first-order valence-corrected chi connectivity index (χ1v) is 16.3. The SMILES string of the molecule is NCCN(c1cccnc1NCCN(c1ccc(Cl)cc1)S(=O)(=O)c1ccc(Cl)cc1)S(=O)(=O)c1ccc(Cl)cc1. The van der Waals surface area contributed by atoms with Gasteiger partial charge in [-0.05, 0) is 84.9 Å². The van der Waals surface area contributed by atoms with Crippen LogP contribution in [-0.2, 0) is 20.0 Å². The van der Waals surface area contributed by atoms with E-state index < -0.39 is 20.0 Å².